The van der Waals surface area contributed by atoms with Crippen molar-refractivity contribution in [2.24, 2.45) is 0 Å². The summed E-state index contributed by atoms with van der Waals surface area (Å²) in [4.78, 5) is 19.5. The zero-order valence-electron chi connectivity index (χ0n) is 11.8. The van der Waals surface area contributed by atoms with E-state index in [1.165, 1.54) is 10.4 Å². The molecule has 0 saturated carbocycles. The number of fused-ring (bicyclic) bond motifs is 2. The lowest BCUT2D eigenvalue weighted by Crippen LogP contribution is -2.20. The first-order chi connectivity index (χ1) is 10.1. The van der Waals surface area contributed by atoms with Crippen molar-refractivity contribution in [2.45, 2.75) is 26.8 Å². The minimum atomic E-state index is 0.116. The van der Waals surface area contributed by atoms with E-state index in [0.717, 1.165) is 40.1 Å². The SMILES string of the molecule is Cc1sc2nc3n(c(=O)c2c1C)CC/C3=C\c1ccsc1. The van der Waals surface area contributed by atoms with Crippen molar-refractivity contribution in [2.75, 3.05) is 0 Å². The summed E-state index contributed by atoms with van der Waals surface area (Å²) in [6.07, 6.45) is 3.04. The van der Waals surface area contributed by atoms with E-state index < -0.39 is 0 Å². The largest absolute Gasteiger partial charge is 0.292 e. The smallest absolute Gasteiger partial charge is 0.262 e. The van der Waals surface area contributed by atoms with E-state index in [1.54, 1.807) is 22.7 Å². The van der Waals surface area contributed by atoms with Crippen molar-refractivity contribution in [3.8, 4) is 0 Å². The molecule has 3 nitrogen and oxygen atoms in total. The first kappa shape index (κ1) is 13.0. The normalized spacial score (nSPS) is 16.0. The Morgan fingerprint density at radius 3 is 3.00 bits per heavy atom. The third-order valence-electron chi connectivity index (χ3n) is 4.06. The summed E-state index contributed by atoms with van der Waals surface area (Å²) >= 11 is 3.30. The number of rotatable bonds is 1. The van der Waals surface area contributed by atoms with Gasteiger partial charge in [-0.05, 0) is 59.9 Å². The zero-order valence-corrected chi connectivity index (χ0v) is 13.5. The number of hydrogen-bond acceptors (Lipinski definition) is 4. The minimum absolute atomic E-state index is 0.116. The fourth-order valence-corrected chi connectivity index (χ4v) is 4.46. The van der Waals surface area contributed by atoms with E-state index in [9.17, 15) is 4.79 Å². The van der Waals surface area contributed by atoms with Gasteiger partial charge < -0.3 is 0 Å². The maximum atomic E-state index is 12.7. The Bertz CT molecular complexity index is 929. The lowest BCUT2D eigenvalue weighted by atomic mass is 10.1. The van der Waals surface area contributed by atoms with Crippen LogP contribution in [0, 0.1) is 13.8 Å². The highest BCUT2D eigenvalue weighted by atomic mass is 32.1. The van der Waals surface area contributed by atoms with Gasteiger partial charge in [-0.1, -0.05) is 0 Å². The molecule has 0 amide bonds. The Hall–Kier alpha value is -1.72. The Kier molecular flexibility index (Phi) is 2.87. The van der Waals surface area contributed by atoms with Crippen molar-refractivity contribution in [1.29, 1.82) is 0 Å². The summed E-state index contributed by atoms with van der Waals surface area (Å²) < 4.78 is 1.83. The molecule has 0 spiro atoms. The fraction of sp³-hybridized carbons (Fsp3) is 0.250. The minimum Gasteiger partial charge on any atom is -0.292 e. The van der Waals surface area contributed by atoms with Crippen LogP contribution in [-0.4, -0.2) is 9.55 Å². The Labute approximate surface area is 130 Å². The number of hydrogen-bond donors (Lipinski definition) is 0. The molecule has 4 heterocycles. The topological polar surface area (TPSA) is 34.9 Å². The van der Waals surface area contributed by atoms with Crippen LogP contribution in [0.4, 0.5) is 0 Å². The first-order valence-corrected chi connectivity index (χ1v) is 8.65. The van der Waals surface area contributed by atoms with Crippen LogP contribution in [0.1, 0.15) is 28.2 Å². The van der Waals surface area contributed by atoms with Crippen LogP contribution in [0.2, 0.25) is 0 Å². The number of nitrogens with zero attached hydrogens (tertiary/aromatic N) is 2. The number of thiophene rings is 2. The molecular formula is C16H14N2OS2. The predicted octanol–water partition coefficient (Wildman–Crippen LogP) is 4.08. The van der Waals surface area contributed by atoms with E-state index in [1.807, 2.05) is 11.5 Å². The first-order valence-electron chi connectivity index (χ1n) is 6.89. The van der Waals surface area contributed by atoms with E-state index in [2.05, 4.69) is 29.8 Å². The fourth-order valence-electron chi connectivity index (χ4n) is 2.82. The molecule has 0 radical (unpaired) electrons. The standard InChI is InChI=1S/C16H14N2OS2/c1-9-10(2)21-15-13(9)16(19)18-5-3-12(14(18)17-15)7-11-4-6-20-8-11/h4,6-8H,3,5H2,1-2H3/b12-7+. The van der Waals surface area contributed by atoms with E-state index in [0.29, 0.717) is 0 Å². The Morgan fingerprint density at radius 2 is 2.24 bits per heavy atom. The highest BCUT2D eigenvalue weighted by Crippen LogP contribution is 2.32. The second kappa shape index (κ2) is 4.64. The molecule has 0 atom stereocenters. The molecule has 4 rings (SSSR count). The molecule has 0 N–H and O–H groups in total. The molecule has 3 aromatic heterocycles. The van der Waals surface area contributed by atoms with Gasteiger partial charge >= 0.3 is 0 Å². The summed E-state index contributed by atoms with van der Waals surface area (Å²) in [5.74, 6) is 0.847. The van der Waals surface area contributed by atoms with Gasteiger partial charge in [0.25, 0.3) is 5.56 Å². The van der Waals surface area contributed by atoms with E-state index >= 15 is 0 Å². The van der Waals surface area contributed by atoms with Crippen LogP contribution in [-0.2, 0) is 6.54 Å². The average molecular weight is 314 g/mol. The summed E-state index contributed by atoms with van der Waals surface area (Å²) in [6, 6.07) is 2.09. The summed E-state index contributed by atoms with van der Waals surface area (Å²) in [5.41, 5.74) is 3.55. The van der Waals surface area contributed by atoms with Crippen molar-refractivity contribution in [1.82, 2.24) is 9.55 Å². The molecule has 3 aromatic rings. The number of allylic oxidation sites excluding steroid dienone is 1. The number of aryl methyl sites for hydroxylation is 2. The van der Waals surface area contributed by atoms with Crippen molar-refractivity contribution in [3.05, 3.63) is 49.0 Å². The van der Waals surface area contributed by atoms with Crippen LogP contribution >= 0.6 is 22.7 Å². The van der Waals surface area contributed by atoms with Crippen molar-refractivity contribution >= 4 is 44.5 Å². The van der Waals surface area contributed by atoms with E-state index in [4.69, 9.17) is 4.98 Å². The Balaban J connectivity index is 1.98. The maximum absolute atomic E-state index is 12.7. The molecular weight excluding hydrogens is 300 g/mol. The molecule has 0 unspecified atom stereocenters. The Morgan fingerprint density at radius 1 is 1.38 bits per heavy atom. The highest BCUT2D eigenvalue weighted by Gasteiger charge is 2.23. The van der Waals surface area contributed by atoms with Gasteiger partial charge in [0.2, 0.25) is 0 Å². The molecule has 5 heteroatoms. The molecule has 21 heavy (non-hydrogen) atoms. The van der Waals surface area contributed by atoms with Gasteiger partial charge in [0.15, 0.2) is 0 Å². The van der Waals surface area contributed by atoms with Crippen LogP contribution in [0.15, 0.2) is 21.6 Å². The van der Waals surface area contributed by atoms with Crippen LogP contribution in [0.5, 0.6) is 0 Å². The van der Waals surface area contributed by atoms with Crippen molar-refractivity contribution in [3.63, 3.8) is 0 Å². The molecule has 0 bridgehead atoms. The van der Waals surface area contributed by atoms with Gasteiger partial charge in [0.05, 0.1) is 5.39 Å². The van der Waals surface area contributed by atoms with Gasteiger partial charge in [-0.15, -0.1) is 11.3 Å². The second-order valence-electron chi connectivity index (χ2n) is 5.33. The monoisotopic (exact) mass is 314 g/mol. The number of aromatic nitrogens is 2. The van der Waals surface area contributed by atoms with Gasteiger partial charge in [-0.2, -0.15) is 11.3 Å². The summed E-state index contributed by atoms with van der Waals surface area (Å²) in [5, 5.41) is 4.99. The molecule has 0 aliphatic carbocycles. The summed E-state index contributed by atoms with van der Waals surface area (Å²) in [6.45, 7) is 4.81. The predicted molar refractivity (Wildman–Crippen MR) is 90.2 cm³/mol. The molecule has 1 aliphatic heterocycles. The molecule has 0 fully saturated rings. The van der Waals surface area contributed by atoms with Crippen molar-refractivity contribution < 1.29 is 0 Å². The van der Waals surface area contributed by atoms with Gasteiger partial charge in [0.1, 0.15) is 10.7 Å². The van der Waals surface area contributed by atoms with E-state index in [-0.39, 0.29) is 5.56 Å². The van der Waals surface area contributed by atoms with Gasteiger partial charge in [0, 0.05) is 11.4 Å². The van der Waals surface area contributed by atoms with Gasteiger partial charge in [-0.3, -0.25) is 9.36 Å². The lowest BCUT2D eigenvalue weighted by molar-refractivity contribution is 0.726. The zero-order chi connectivity index (χ0) is 14.6. The molecule has 0 aromatic carbocycles. The van der Waals surface area contributed by atoms with Crippen LogP contribution in [0.3, 0.4) is 0 Å². The highest BCUT2D eigenvalue weighted by molar-refractivity contribution is 7.18. The molecule has 0 saturated heterocycles. The lowest BCUT2D eigenvalue weighted by Gasteiger charge is -2.03. The third-order valence-corrected chi connectivity index (χ3v) is 5.87. The van der Waals surface area contributed by atoms with Gasteiger partial charge in [-0.25, -0.2) is 4.98 Å². The maximum Gasteiger partial charge on any atom is 0.262 e. The third kappa shape index (κ3) is 1.92. The second-order valence-corrected chi connectivity index (χ2v) is 7.32. The molecule has 1 aliphatic rings. The average Bonchev–Trinajstić information content (AvgIpc) is 3.14. The molecule has 106 valence electrons. The van der Waals surface area contributed by atoms with Crippen LogP contribution < -0.4 is 5.56 Å². The van der Waals surface area contributed by atoms with Crippen LogP contribution in [0.25, 0.3) is 21.9 Å². The summed E-state index contributed by atoms with van der Waals surface area (Å²) in [7, 11) is 0. The quantitative estimate of drug-likeness (QED) is 0.678.